The molecule has 1 atom stereocenters. The fourth-order valence-electron chi connectivity index (χ4n) is 5.21. The van der Waals surface area contributed by atoms with Crippen LogP contribution in [0.15, 0.2) is 47.8 Å². The third-order valence-corrected chi connectivity index (χ3v) is 7.80. The first-order chi connectivity index (χ1) is 15.7. The molecule has 6 heteroatoms. The highest BCUT2D eigenvalue weighted by atomic mass is 32.1. The Morgan fingerprint density at radius 2 is 1.84 bits per heavy atom. The van der Waals surface area contributed by atoms with Gasteiger partial charge in [0.1, 0.15) is 11.7 Å². The quantitative estimate of drug-likeness (QED) is 0.539. The number of fused-ring (bicyclic) bond motifs is 3. The van der Waals surface area contributed by atoms with Crippen molar-refractivity contribution in [1.82, 2.24) is 14.8 Å². The number of nitrogens with zero attached hydrogens (tertiary/aromatic N) is 2. The summed E-state index contributed by atoms with van der Waals surface area (Å²) in [6.07, 6.45) is 8.69. The van der Waals surface area contributed by atoms with Gasteiger partial charge in [0.05, 0.1) is 16.8 Å². The molecular weight excluding hydrogens is 418 g/mol. The summed E-state index contributed by atoms with van der Waals surface area (Å²) in [5, 5.41) is 5.36. The van der Waals surface area contributed by atoms with Crippen molar-refractivity contribution in [1.29, 1.82) is 0 Å². The number of benzene rings is 1. The second kappa shape index (κ2) is 9.49. The molecule has 0 bridgehead atoms. The van der Waals surface area contributed by atoms with E-state index in [2.05, 4.69) is 33.5 Å². The van der Waals surface area contributed by atoms with Crippen molar-refractivity contribution in [2.75, 3.05) is 6.54 Å². The summed E-state index contributed by atoms with van der Waals surface area (Å²) in [7, 11) is 0. The highest BCUT2D eigenvalue weighted by Gasteiger charge is 2.38. The second-order valence-electron chi connectivity index (χ2n) is 9.11. The van der Waals surface area contributed by atoms with Gasteiger partial charge in [-0.15, -0.1) is 11.3 Å². The van der Waals surface area contributed by atoms with Crippen molar-refractivity contribution in [2.24, 2.45) is 0 Å². The standard InChI is InChI=1S/C26H31N3O2S/c30-25(27-20-12-6-1-2-7-13-20)23-18-29-21-14-16-32-24(21)17-22(29)26(31)28(23)15-8-11-19-9-4-3-5-10-19/h3-5,9-10,14,16-17,20,23H,1-2,6-8,11-13,15,18H2,(H,27,30). The van der Waals surface area contributed by atoms with Crippen LogP contribution in [0.3, 0.4) is 0 Å². The van der Waals surface area contributed by atoms with Crippen LogP contribution in [0.5, 0.6) is 0 Å². The van der Waals surface area contributed by atoms with Crippen molar-refractivity contribution in [2.45, 2.75) is 70.0 Å². The van der Waals surface area contributed by atoms with Gasteiger partial charge in [-0.3, -0.25) is 9.59 Å². The van der Waals surface area contributed by atoms with Crippen LogP contribution in [0.2, 0.25) is 0 Å². The van der Waals surface area contributed by atoms with Crippen molar-refractivity contribution in [3.8, 4) is 0 Å². The Balaban J connectivity index is 1.36. The summed E-state index contributed by atoms with van der Waals surface area (Å²) in [6, 6.07) is 14.2. The van der Waals surface area contributed by atoms with Gasteiger partial charge in [-0.25, -0.2) is 0 Å². The lowest BCUT2D eigenvalue weighted by Gasteiger charge is -2.36. The third-order valence-electron chi connectivity index (χ3n) is 6.95. The number of carbonyl (C=O) groups is 2. The highest BCUT2D eigenvalue weighted by molar-refractivity contribution is 7.17. The van der Waals surface area contributed by atoms with Gasteiger partial charge in [0.2, 0.25) is 5.91 Å². The molecule has 1 unspecified atom stereocenters. The topological polar surface area (TPSA) is 54.3 Å². The van der Waals surface area contributed by atoms with E-state index in [9.17, 15) is 9.59 Å². The third kappa shape index (κ3) is 4.33. The highest BCUT2D eigenvalue weighted by Crippen LogP contribution is 2.30. The van der Waals surface area contributed by atoms with Crippen LogP contribution in [0.4, 0.5) is 0 Å². The van der Waals surface area contributed by atoms with E-state index in [1.54, 1.807) is 11.3 Å². The number of hydrogen-bond acceptors (Lipinski definition) is 3. The van der Waals surface area contributed by atoms with Gasteiger partial charge in [-0.2, -0.15) is 0 Å². The number of aromatic nitrogens is 1. The molecule has 1 aromatic carbocycles. The minimum atomic E-state index is -0.454. The number of nitrogens with one attached hydrogen (secondary N) is 1. The molecule has 168 valence electrons. The molecule has 0 spiro atoms. The Morgan fingerprint density at radius 1 is 1.06 bits per heavy atom. The molecule has 5 rings (SSSR count). The number of thiophene rings is 1. The Morgan fingerprint density at radius 3 is 2.62 bits per heavy atom. The second-order valence-corrected chi connectivity index (χ2v) is 10.1. The van der Waals surface area contributed by atoms with E-state index in [0.717, 1.165) is 35.9 Å². The smallest absolute Gasteiger partial charge is 0.271 e. The van der Waals surface area contributed by atoms with E-state index in [4.69, 9.17) is 0 Å². The Bertz CT molecular complexity index is 1080. The van der Waals surface area contributed by atoms with E-state index < -0.39 is 6.04 Å². The maximum Gasteiger partial charge on any atom is 0.271 e. The van der Waals surface area contributed by atoms with Crippen LogP contribution >= 0.6 is 11.3 Å². The van der Waals surface area contributed by atoms with Gasteiger partial charge in [0.15, 0.2) is 0 Å². The summed E-state index contributed by atoms with van der Waals surface area (Å²) in [5.41, 5.74) is 3.04. The molecule has 0 radical (unpaired) electrons. The lowest BCUT2D eigenvalue weighted by atomic mass is 10.1. The molecule has 2 aliphatic rings. The predicted octanol–water partition coefficient (Wildman–Crippen LogP) is 5.00. The molecule has 5 nitrogen and oxygen atoms in total. The number of hydrogen-bond donors (Lipinski definition) is 1. The minimum Gasteiger partial charge on any atom is -0.352 e. The Hall–Kier alpha value is -2.60. The summed E-state index contributed by atoms with van der Waals surface area (Å²) >= 11 is 1.65. The maximum atomic E-state index is 13.5. The van der Waals surface area contributed by atoms with Gasteiger partial charge in [-0.1, -0.05) is 56.0 Å². The molecule has 1 aliphatic carbocycles. The molecule has 1 N–H and O–H groups in total. The summed E-state index contributed by atoms with van der Waals surface area (Å²) in [6.45, 7) is 1.13. The zero-order valence-electron chi connectivity index (χ0n) is 18.5. The number of rotatable bonds is 6. The van der Waals surface area contributed by atoms with Gasteiger partial charge in [0, 0.05) is 12.6 Å². The van der Waals surface area contributed by atoms with Crippen molar-refractivity contribution in [3.63, 3.8) is 0 Å². The van der Waals surface area contributed by atoms with E-state index in [-0.39, 0.29) is 17.9 Å². The summed E-state index contributed by atoms with van der Waals surface area (Å²) in [5.74, 6) is -0.0126. The van der Waals surface area contributed by atoms with Crippen LogP contribution < -0.4 is 5.32 Å². The SMILES string of the molecule is O=C(NC1CCCCCC1)C1Cn2c(cc3sccc32)C(=O)N1CCCc1ccccc1. The average Bonchev–Trinajstić information content (AvgIpc) is 3.30. The summed E-state index contributed by atoms with van der Waals surface area (Å²) < 4.78 is 3.17. The molecule has 1 fully saturated rings. The van der Waals surface area contributed by atoms with Crippen LogP contribution in [0, 0.1) is 0 Å². The van der Waals surface area contributed by atoms with Gasteiger partial charge < -0.3 is 14.8 Å². The maximum absolute atomic E-state index is 13.5. The van der Waals surface area contributed by atoms with Gasteiger partial charge >= 0.3 is 0 Å². The monoisotopic (exact) mass is 449 g/mol. The van der Waals surface area contributed by atoms with Crippen molar-refractivity contribution in [3.05, 3.63) is 59.1 Å². The van der Waals surface area contributed by atoms with E-state index in [1.165, 1.54) is 31.2 Å². The average molecular weight is 450 g/mol. The molecule has 2 amide bonds. The molecule has 3 heterocycles. The normalized spacial score (nSPS) is 19.7. The minimum absolute atomic E-state index is 0.00712. The lowest BCUT2D eigenvalue weighted by molar-refractivity contribution is -0.127. The van der Waals surface area contributed by atoms with E-state index >= 15 is 0 Å². The number of amides is 2. The number of carbonyl (C=O) groups excluding carboxylic acids is 2. The first-order valence-corrected chi connectivity index (χ1v) is 12.8. The molecule has 3 aromatic rings. The fourth-order valence-corrected chi connectivity index (χ4v) is 6.03. The van der Waals surface area contributed by atoms with Crippen LogP contribution in [0.1, 0.15) is 61.0 Å². The molecule has 0 saturated heterocycles. The first-order valence-electron chi connectivity index (χ1n) is 11.9. The predicted molar refractivity (Wildman–Crippen MR) is 129 cm³/mol. The van der Waals surface area contributed by atoms with Gasteiger partial charge in [-0.05, 0) is 48.8 Å². The Kier molecular flexibility index (Phi) is 6.30. The zero-order valence-corrected chi connectivity index (χ0v) is 19.3. The largest absolute Gasteiger partial charge is 0.352 e. The van der Waals surface area contributed by atoms with E-state index in [0.29, 0.717) is 18.8 Å². The molecule has 32 heavy (non-hydrogen) atoms. The van der Waals surface area contributed by atoms with Crippen LogP contribution in [-0.2, 0) is 17.8 Å². The van der Waals surface area contributed by atoms with E-state index in [1.807, 2.05) is 29.2 Å². The fraction of sp³-hybridized carbons (Fsp3) is 0.462. The Labute approximate surface area is 193 Å². The molecular formula is C26H31N3O2S. The molecule has 2 aromatic heterocycles. The van der Waals surface area contributed by atoms with Crippen LogP contribution in [0.25, 0.3) is 10.2 Å². The lowest BCUT2D eigenvalue weighted by Crippen LogP contribution is -2.56. The van der Waals surface area contributed by atoms with Crippen molar-refractivity contribution < 1.29 is 9.59 Å². The molecule has 1 aliphatic heterocycles. The zero-order chi connectivity index (χ0) is 21.9. The van der Waals surface area contributed by atoms with Crippen LogP contribution in [-0.4, -0.2) is 39.9 Å². The van der Waals surface area contributed by atoms with Gasteiger partial charge in [0.25, 0.3) is 5.91 Å². The summed E-state index contributed by atoms with van der Waals surface area (Å²) in [4.78, 5) is 28.8. The van der Waals surface area contributed by atoms with Crippen molar-refractivity contribution >= 4 is 33.4 Å². The first kappa shape index (κ1) is 21.3. The molecule has 1 saturated carbocycles. The number of aryl methyl sites for hydroxylation is 1.